The maximum absolute atomic E-state index is 14.0. The first-order valence-electron chi connectivity index (χ1n) is 5.38. The maximum atomic E-state index is 14.0. The van der Waals surface area contributed by atoms with Gasteiger partial charge in [-0.15, -0.1) is 0 Å². The molecule has 0 saturated carbocycles. The summed E-state index contributed by atoms with van der Waals surface area (Å²) in [6.45, 7) is 1.08. The average molecular weight is 259 g/mol. The van der Waals surface area contributed by atoms with Crippen LogP contribution >= 0.6 is 0 Å². The molecule has 0 spiro atoms. The van der Waals surface area contributed by atoms with Crippen molar-refractivity contribution >= 4 is 10.0 Å². The summed E-state index contributed by atoms with van der Waals surface area (Å²) < 4.78 is 44.2. The molecule has 1 atom stereocenters. The van der Waals surface area contributed by atoms with E-state index in [4.69, 9.17) is 4.74 Å². The summed E-state index contributed by atoms with van der Waals surface area (Å²) in [5, 5.41) is 0. The predicted octanol–water partition coefficient (Wildman–Crippen LogP) is 1.32. The lowest BCUT2D eigenvalue weighted by atomic mass is 10.2. The number of halogens is 1. The van der Waals surface area contributed by atoms with E-state index in [0.717, 1.165) is 4.31 Å². The van der Waals surface area contributed by atoms with Gasteiger partial charge in [-0.25, -0.2) is 12.8 Å². The zero-order valence-electron chi connectivity index (χ0n) is 9.25. The zero-order valence-corrected chi connectivity index (χ0v) is 10.1. The third kappa shape index (κ3) is 2.65. The van der Waals surface area contributed by atoms with Gasteiger partial charge >= 0.3 is 0 Å². The Bertz CT molecular complexity index is 457. The summed E-state index contributed by atoms with van der Waals surface area (Å²) in [5.74, 6) is 0. The van der Waals surface area contributed by atoms with E-state index in [0.29, 0.717) is 13.2 Å². The van der Waals surface area contributed by atoms with Crippen LogP contribution in [0.4, 0.5) is 4.39 Å². The van der Waals surface area contributed by atoms with Crippen molar-refractivity contribution in [3.8, 4) is 0 Å². The third-order valence-corrected chi connectivity index (χ3v) is 4.53. The highest BCUT2D eigenvalue weighted by atomic mass is 32.2. The van der Waals surface area contributed by atoms with Crippen LogP contribution in [0.25, 0.3) is 0 Å². The molecule has 0 radical (unpaired) electrons. The highest BCUT2D eigenvalue weighted by Gasteiger charge is 2.34. The molecule has 6 heteroatoms. The smallest absolute Gasteiger partial charge is 0.251 e. The third-order valence-electron chi connectivity index (χ3n) is 2.65. The summed E-state index contributed by atoms with van der Waals surface area (Å²) in [6, 6.07) is 7.91. The molecule has 17 heavy (non-hydrogen) atoms. The minimum Gasteiger partial charge on any atom is -0.379 e. The van der Waals surface area contributed by atoms with E-state index in [2.05, 4.69) is 0 Å². The molecule has 94 valence electrons. The Balaban J connectivity index is 2.20. The standard InChI is InChI=1S/C11H14FNO3S/c12-11(10-4-2-1-3-5-10)17(14,15)13-6-8-16-9-7-13/h1-5,11H,6-9H2. The number of rotatable bonds is 3. The molecular weight excluding hydrogens is 245 g/mol. The molecule has 0 bridgehead atoms. The van der Waals surface area contributed by atoms with Crippen LogP contribution in [0.2, 0.25) is 0 Å². The van der Waals surface area contributed by atoms with Crippen LogP contribution in [0.15, 0.2) is 30.3 Å². The van der Waals surface area contributed by atoms with E-state index >= 15 is 0 Å². The number of sulfonamides is 1. The molecule has 1 unspecified atom stereocenters. The first-order chi connectivity index (χ1) is 8.12. The lowest BCUT2D eigenvalue weighted by Gasteiger charge is -2.27. The van der Waals surface area contributed by atoms with Gasteiger partial charge in [-0.1, -0.05) is 30.3 Å². The van der Waals surface area contributed by atoms with Crippen LogP contribution in [0.1, 0.15) is 11.1 Å². The number of morpholine rings is 1. The molecule has 1 aliphatic heterocycles. The minimum atomic E-state index is -3.93. The number of nitrogens with zero attached hydrogens (tertiary/aromatic N) is 1. The lowest BCUT2D eigenvalue weighted by Crippen LogP contribution is -2.42. The van der Waals surface area contributed by atoms with E-state index in [9.17, 15) is 12.8 Å². The highest BCUT2D eigenvalue weighted by Crippen LogP contribution is 2.27. The van der Waals surface area contributed by atoms with Gasteiger partial charge in [0.25, 0.3) is 10.0 Å². The molecule has 1 aromatic carbocycles. The van der Waals surface area contributed by atoms with E-state index in [-0.39, 0.29) is 18.7 Å². The molecule has 1 heterocycles. The van der Waals surface area contributed by atoms with Gasteiger partial charge < -0.3 is 4.74 Å². The first-order valence-corrected chi connectivity index (χ1v) is 6.88. The fourth-order valence-corrected chi connectivity index (χ4v) is 3.13. The Morgan fingerprint density at radius 3 is 2.35 bits per heavy atom. The molecule has 4 nitrogen and oxygen atoms in total. The van der Waals surface area contributed by atoms with Gasteiger partial charge in [0.05, 0.1) is 13.2 Å². The number of hydrogen-bond acceptors (Lipinski definition) is 3. The molecule has 0 aliphatic carbocycles. The fraction of sp³-hybridized carbons (Fsp3) is 0.455. The van der Waals surface area contributed by atoms with Crippen molar-refractivity contribution < 1.29 is 17.5 Å². The zero-order chi connectivity index (χ0) is 12.3. The predicted molar refractivity (Wildman–Crippen MR) is 61.6 cm³/mol. The van der Waals surface area contributed by atoms with Crippen molar-refractivity contribution in [3.05, 3.63) is 35.9 Å². The fourth-order valence-electron chi connectivity index (χ4n) is 1.71. The Morgan fingerprint density at radius 1 is 1.18 bits per heavy atom. The normalized spacial score (nSPS) is 20.1. The number of benzene rings is 1. The molecule has 1 fully saturated rings. The van der Waals surface area contributed by atoms with E-state index in [1.54, 1.807) is 18.2 Å². The number of ether oxygens (including phenoxy) is 1. The second kappa shape index (κ2) is 5.12. The van der Waals surface area contributed by atoms with Crippen LogP contribution in [0.5, 0.6) is 0 Å². The van der Waals surface area contributed by atoms with Gasteiger partial charge in [0.2, 0.25) is 5.50 Å². The Morgan fingerprint density at radius 2 is 1.76 bits per heavy atom. The van der Waals surface area contributed by atoms with Gasteiger partial charge in [-0.3, -0.25) is 0 Å². The van der Waals surface area contributed by atoms with E-state index < -0.39 is 15.5 Å². The van der Waals surface area contributed by atoms with E-state index in [1.807, 2.05) is 0 Å². The largest absolute Gasteiger partial charge is 0.379 e. The molecule has 1 saturated heterocycles. The van der Waals surface area contributed by atoms with Gasteiger partial charge in [0.1, 0.15) is 0 Å². The Hall–Kier alpha value is -0.980. The Labute approximate surface area is 100 Å². The quantitative estimate of drug-likeness (QED) is 0.822. The van der Waals surface area contributed by atoms with Gasteiger partial charge in [0.15, 0.2) is 0 Å². The number of alkyl halides is 1. The van der Waals surface area contributed by atoms with Crippen molar-refractivity contribution in [1.29, 1.82) is 0 Å². The van der Waals surface area contributed by atoms with Crippen LogP contribution in [0.3, 0.4) is 0 Å². The highest BCUT2D eigenvalue weighted by molar-refractivity contribution is 7.89. The van der Waals surface area contributed by atoms with Gasteiger partial charge in [0, 0.05) is 18.7 Å². The van der Waals surface area contributed by atoms with Crippen molar-refractivity contribution in [2.75, 3.05) is 26.3 Å². The Kier molecular flexibility index (Phi) is 3.76. The first kappa shape index (κ1) is 12.5. The molecular formula is C11H14FNO3S. The maximum Gasteiger partial charge on any atom is 0.251 e. The number of hydrogen-bond donors (Lipinski definition) is 0. The van der Waals surface area contributed by atoms with Crippen molar-refractivity contribution in [3.63, 3.8) is 0 Å². The van der Waals surface area contributed by atoms with Crippen molar-refractivity contribution in [2.45, 2.75) is 5.50 Å². The second-order valence-corrected chi connectivity index (χ2v) is 5.74. The summed E-state index contributed by atoms with van der Waals surface area (Å²) in [4.78, 5) is 0. The summed E-state index contributed by atoms with van der Waals surface area (Å²) in [7, 11) is -3.93. The van der Waals surface area contributed by atoms with Crippen molar-refractivity contribution in [1.82, 2.24) is 4.31 Å². The summed E-state index contributed by atoms with van der Waals surface area (Å²) in [6.07, 6.45) is 0. The monoisotopic (exact) mass is 259 g/mol. The van der Waals surface area contributed by atoms with Crippen LogP contribution in [0, 0.1) is 0 Å². The van der Waals surface area contributed by atoms with Crippen LogP contribution in [-0.4, -0.2) is 39.0 Å². The minimum absolute atomic E-state index is 0.166. The molecule has 1 aliphatic rings. The van der Waals surface area contributed by atoms with Crippen LogP contribution in [-0.2, 0) is 14.8 Å². The molecule has 1 aromatic rings. The van der Waals surface area contributed by atoms with Gasteiger partial charge in [-0.05, 0) is 0 Å². The molecule has 2 rings (SSSR count). The van der Waals surface area contributed by atoms with Gasteiger partial charge in [-0.2, -0.15) is 4.31 Å². The summed E-state index contributed by atoms with van der Waals surface area (Å²) in [5.41, 5.74) is -1.83. The average Bonchev–Trinajstić information content (AvgIpc) is 2.40. The van der Waals surface area contributed by atoms with Crippen molar-refractivity contribution in [2.24, 2.45) is 0 Å². The molecule has 0 aromatic heterocycles. The van der Waals surface area contributed by atoms with Crippen LogP contribution < -0.4 is 0 Å². The lowest BCUT2D eigenvalue weighted by molar-refractivity contribution is 0.0717. The topological polar surface area (TPSA) is 46.6 Å². The SMILES string of the molecule is O=S(=O)(C(F)c1ccccc1)N1CCOCC1. The molecule has 0 amide bonds. The molecule has 0 N–H and O–H groups in total. The second-order valence-electron chi connectivity index (χ2n) is 3.78. The summed E-state index contributed by atoms with van der Waals surface area (Å²) >= 11 is 0. The van der Waals surface area contributed by atoms with E-state index in [1.165, 1.54) is 12.1 Å².